The minimum atomic E-state index is -1.10. The van der Waals surface area contributed by atoms with Gasteiger partial charge in [-0.2, -0.15) is 0 Å². The van der Waals surface area contributed by atoms with Crippen molar-refractivity contribution in [1.82, 2.24) is 4.90 Å². The number of hydrogen-bond acceptors (Lipinski definition) is 3. The van der Waals surface area contributed by atoms with Crippen molar-refractivity contribution < 1.29 is 19.4 Å². The molecule has 1 fully saturated rings. The number of rotatable bonds is 4. The second-order valence-electron chi connectivity index (χ2n) is 4.11. The van der Waals surface area contributed by atoms with E-state index in [2.05, 4.69) is 6.92 Å². The van der Waals surface area contributed by atoms with E-state index in [4.69, 9.17) is 9.84 Å². The first kappa shape index (κ1) is 12.7. The minimum Gasteiger partial charge on any atom is -0.478 e. The van der Waals surface area contributed by atoms with E-state index in [0.29, 0.717) is 31.5 Å². The standard InChI is InChI=1S/C11H17NO4/c1-8-5-12(6-9(8)7-16-2)10(13)3-4-11(14)15/h3-4,8-9H,5-7H2,1-2H3,(H,14,15)/b4-3+/t8-,9+/m0/s1. The quantitative estimate of drug-likeness (QED) is 0.704. The van der Waals surface area contributed by atoms with E-state index in [-0.39, 0.29) is 5.91 Å². The number of aliphatic carboxylic acids is 1. The molecule has 2 atom stereocenters. The summed E-state index contributed by atoms with van der Waals surface area (Å²) in [5, 5.41) is 8.42. The van der Waals surface area contributed by atoms with Crippen LogP contribution in [0.4, 0.5) is 0 Å². The van der Waals surface area contributed by atoms with Gasteiger partial charge in [-0.3, -0.25) is 4.79 Å². The molecule has 1 rings (SSSR count). The number of ether oxygens (including phenoxy) is 1. The van der Waals surface area contributed by atoms with Gasteiger partial charge in [-0.15, -0.1) is 0 Å². The fraction of sp³-hybridized carbons (Fsp3) is 0.636. The first-order chi connectivity index (χ1) is 7.54. The van der Waals surface area contributed by atoms with Crippen LogP contribution < -0.4 is 0 Å². The van der Waals surface area contributed by atoms with E-state index in [1.54, 1.807) is 12.0 Å². The summed E-state index contributed by atoms with van der Waals surface area (Å²) in [6, 6.07) is 0. The fourth-order valence-electron chi connectivity index (χ4n) is 1.89. The molecular weight excluding hydrogens is 210 g/mol. The molecule has 0 aromatic heterocycles. The lowest BCUT2D eigenvalue weighted by Crippen LogP contribution is -2.27. The van der Waals surface area contributed by atoms with Gasteiger partial charge in [0.15, 0.2) is 0 Å². The third-order valence-electron chi connectivity index (χ3n) is 2.83. The normalized spacial score (nSPS) is 25.2. The van der Waals surface area contributed by atoms with Gasteiger partial charge in [0, 0.05) is 38.3 Å². The second-order valence-corrected chi connectivity index (χ2v) is 4.11. The number of amides is 1. The highest BCUT2D eigenvalue weighted by molar-refractivity contribution is 5.94. The molecule has 16 heavy (non-hydrogen) atoms. The SMILES string of the molecule is COC[C@H]1CN(C(=O)/C=C/C(=O)O)C[C@@H]1C. The van der Waals surface area contributed by atoms with Crippen molar-refractivity contribution in [3.05, 3.63) is 12.2 Å². The van der Waals surface area contributed by atoms with E-state index in [1.807, 2.05) is 0 Å². The van der Waals surface area contributed by atoms with E-state index < -0.39 is 5.97 Å². The maximum absolute atomic E-state index is 11.6. The molecule has 0 aliphatic carbocycles. The Bertz CT molecular complexity index is 300. The summed E-state index contributed by atoms with van der Waals surface area (Å²) in [6.07, 6.45) is 1.97. The van der Waals surface area contributed by atoms with Crippen LogP contribution in [-0.4, -0.2) is 48.7 Å². The molecule has 1 N–H and O–H groups in total. The van der Waals surface area contributed by atoms with Gasteiger partial charge < -0.3 is 14.7 Å². The monoisotopic (exact) mass is 227 g/mol. The highest BCUT2D eigenvalue weighted by Gasteiger charge is 2.31. The lowest BCUT2D eigenvalue weighted by molar-refractivity contribution is -0.132. The smallest absolute Gasteiger partial charge is 0.328 e. The molecule has 0 aromatic carbocycles. The third kappa shape index (κ3) is 3.34. The first-order valence-electron chi connectivity index (χ1n) is 5.23. The largest absolute Gasteiger partial charge is 0.478 e. The summed E-state index contributed by atoms with van der Waals surface area (Å²) in [6.45, 7) is 4.00. The van der Waals surface area contributed by atoms with Crippen molar-refractivity contribution >= 4 is 11.9 Å². The number of carbonyl (C=O) groups is 2. The predicted octanol–water partition coefficient (Wildman–Crippen LogP) is 0.368. The molecule has 0 bridgehead atoms. The van der Waals surface area contributed by atoms with Crippen molar-refractivity contribution in [2.75, 3.05) is 26.8 Å². The maximum Gasteiger partial charge on any atom is 0.328 e. The van der Waals surface area contributed by atoms with Crippen LogP contribution in [0.25, 0.3) is 0 Å². The van der Waals surface area contributed by atoms with Gasteiger partial charge in [-0.1, -0.05) is 6.92 Å². The molecular formula is C11H17NO4. The third-order valence-corrected chi connectivity index (χ3v) is 2.83. The van der Waals surface area contributed by atoms with Gasteiger partial charge >= 0.3 is 5.97 Å². The maximum atomic E-state index is 11.6. The Labute approximate surface area is 94.7 Å². The number of likely N-dealkylation sites (tertiary alicyclic amines) is 1. The second kappa shape index (κ2) is 5.65. The molecule has 90 valence electrons. The summed E-state index contributed by atoms with van der Waals surface area (Å²) in [5.74, 6) is -0.615. The van der Waals surface area contributed by atoms with Gasteiger partial charge in [-0.25, -0.2) is 4.79 Å². The molecule has 0 saturated carbocycles. The summed E-state index contributed by atoms with van der Waals surface area (Å²) >= 11 is 0. The Morgan fingerprint density at radius 2 is 2.12 bits per heavy atom. The summed E-state index contributed by atoms with van der Waals surface area (Å²) in [4.78, 5) is 23.5. The van der Waals surface area contributed by atoms with Crippen LogP contribution >= 0.6 is 0 Å². The Balaban J connectivity index is 2.51. The van der Waals surface area contributed by atoms with Crippen LogP contribution in [0.15, 0.2) is 12.2 Å². The van der Waals surface area contributed by atoms with Crippen molar-refractivity contribution in [1.29, 1.82) is 0 Å². The molecule has 0 unspecified atom stereocenters. The summed E-state index contributed by atoms with van der Waals surface area (Å²) < 4.78 is 5.07. The molecule has 1 aliphatic heterocycles. The number of methoxy groups -OCH3 is 1. The highest BCUT2D eigenvalue weighted by Crippen LogP contribution is 2.23. The number of carboxylic acid groups (broad SMARTS) is 1. The van der Waals surface area contributed by atoms with Crippen molar-refractivity contribution in [3.8, 4) is 0 Å². The number of carboxylic acids is 1. The van der Waals surface area contributed by atoms with Crippen LogP contribution in [0.5, 0.6) is 0 Å². The summed E-state index contributed by atoms with van der Waals surface area (Å²) in [5.41, 5.74) is 0. The van der Waals surface area contributed by atoms with Crippen molar-refractivity contribution in [2.45, 2.75) is 6.92 Å². The number of carbonyl (C=O) groups excluding carboxylic acids is 1. The summed E-state index contributed by atoms with van der Waals surface area (Å²) in [7, 11) is 1.64. The molecule has 5 nitrogen and oxygen atoms in total. The van der Waals surface area contributed by atoms with E-state index >= 15 is 0 Å². The Hall–Kier alpha value is -1.36. The topological polar surface area (TPSA) is 66.8 Å². The molecule has 0 radical (unpaired) electrons. The lowest BCUT2D eigenvalue weighted by atomic mass is 10.00. The van der Waals surface area contributed by atoms with Crippen LogP contribution in [0.3, 0.4) is 0 Å². The molecule has 0 aromatic rings. The highest BCUT2D eigenvalue weighted by atomic mass is 16.5. The van der Waals surface area contributed by atoms with Crippen LogP contribution in [-0.2, 0) is 14.3 Å². The molecule has 1 saturated heterocycles. The van der Waals surface area contributed by atoms with Gasteiger partial charge in [0.1, 0.15) is 0 Å². The van der Waals surface area contributed by atoms with E-state index in [0.717, 1.165) is 12.2 Å². The van der Waals surface area contributed by atoms with Crippen LogP contribution in [0.2, 0.25) is 0 Å². The number of nitrogens with zero attached hydrogens (tertiary/aromatic N) is 1. The van der Waals surface area contributed by atoms with E-state index in [1.165, 1.54) is 0 Å². The van der Waals surface area contributed by atoms with Gasteiger partial charge in [-0.05, 0) is 5.92 Å². The van der Waals surface area contributed by atoms with Gasteiger partial charge in [0.05, 0.1) is 6.61 Å². The lowest BCUT2D eigenvalue weighted by Gasteiger charge is -2.13. The number of hydrogen-bond donors (Lipinski definition) is 1. The average Bonchev–Trinajstić information content (AvgIpc) is 2.57. The van der Waals surface area contributed by atoms with Crippen molar-refractivity contribution in [3.63, 3.8) is 0 Å². The Morgan fingerprint density at radius 3 is 2.69 bits per heavy atom. The average molecular weight is 227 g/mol. The van der Waals surface area contributed by atoms with Crippen LogP contribution in [0, 0.1) is 11.8 Å². The van der Waals surface area contributed by atoms with Gasteiger partial charge in [0.2, 0.25) is 5.91 Å². The molecule has 5 heteroatoms. The zero-order valence-corrected chi connectivity index (χ0v) is 9.55. The Morgan fingerprint density at radius 1 is 1.44 bits per heavy atom. The zero-order chi connectivity index (χ0) is 12.1. The molecule has 0 spiro atoms. The first-order valence-corrected chi connectivity index (χ1v) is 5.23. The molecule has 1 heterocycles. The Kier molecular flexibility index (Phi) is 4.49. The molecule has 1 amide bonds. The molecule has 1 aliphatic rings. The van der Waals surface area contributed by atoms with Crippen molar-refractivity contribution in [2.24, 2.45) is 11.8 Å². The van der Waals surface area contributed by atoms with E-state index in [9.17, 15) is 9.59 Å². The fourth-order valence-corrected chi connectivity index (χ4v) is 1.89. The zero-order valence-electron chi connectivity index (χ0n) is 9.55. The minimum absolute atomic E-state index is 0.243. The van der Waals surface area contributed by atoms with Gasteiger partial charge in [0.25, 0.3) is 0 Å². The predicted molar refractivity (Wildman–Crippen MR) is 57.9 cm³/mol. The van der Waals surface area contributed by atoms with Crippen LogP contribution in [0.1, 0.15) is 6.92 Å².